The first-order valence-corrected chi connectivity index (χ1v) is 17.0. The molecule has 246 valence electrons. The van der Waals surface area contributed by atoms with Crippen LogP contribution in [0, 0.1) is 11.6 Å². The zero-order chi connectivity index (χ0) is 33.6. The Morgan fingerprint density at radius 1 is 0.894 bits per heavy atom. The van der Waals surface area contributed by atoms with E-state index in [2.05, 4.69) is 9.97 Å². The minimum atomic E-state index is -4.75. The molecule has 0 spiro atoms. The van der Waals surface area contributed by atoms with E-state index < -0.39 is 106 Å². The summed E-state index contributed by atoms with van der Waals surface area (Å²) in [5.74, 6) is -2.03. The Hall–Kier alpha value is -3.02. The summed E-state index contributed by atoms with van der Waals surface area (Å²) in [4.78, 5) is 30.7. The van der Waals surface area contributed by atoms with Crippen molar-refractivity contribution in [2.24, 2.45) is 7.05 Å². The second-order valence-corrected chi connectivity index (χ2v) is 14.1. The molecule has 0 bridgehead atoms. The number of aromatic amines is 1. The molecule has 0 amide bonds. The highest BCUT2D eigenvalue weighted by molar-refractivity contribution is 7.79. The summed E-state index contributed by atoms with van der Waals surface area (Å²) in [7, 11) is 3.42. The summed E-state index contributed by atoms with van der Waals surface area (Å²) in [6.07, 6.45) is -11.1. The van der Waals surface area contributed by atoms with E-state index in [1.54, 1.807) is 0 Å². The highest BCUT2D eigenvalue weighted by atomic mass is 31.2. The van der Waals surface area contributed by atoms with E-state index in [1.807, 2.05) is 0 Å². The van der Waals surface area contributed by atoms with Gasteiger partial charge in [-0.1, -0.05) is 0 Å². The lowest BCUT2D eigenvalue weighted by Gasteiger charge is -2.29. The molecule has 3 saturated heterocycles. The molecule has 0 aromatic carbocycles. The van der Waals surface area contributed by atoms with Crippen LogP contribution in [0.4, 0.5) is 17.6 Å². The standard InChI is InChI=1S/C24H21B2F4N5O10P2/c1-33-3-2-11-14(22(33)37)9(27)4-34(11)23-16(29)18-12(42-23)6-40-47(26,39)45-19-13(7-41-46(25,38)44-18)43-24(17(19)30)35-5-10(28)15-20(35)31-8-32-21(15)36/h2-5,8,12-13,16-19,23-24H,6-7H2,1H3,(H,31,32,36)/t12-,13-,16+,17?,18?,19+,23-,24-,46?,47?/m1/s1. The van der Waals surface area contributed by atoms with Crippen molar-refractivity contribution in [1.29, 1.82) is 0 Å². The Labute approximate surface area is 262 Å². The first-order valence-electron chi connectivity index (χ1n) is 13.8. The SMILES string of the molecule is [B]P1(=O)OC[C@H]2O[C@@H](n3cc(F)c4c(=O)[nH]cnc43)C(F)[C@H]2OP([B])(=O)OC[C@H]2O[C@@H](n3cc(F)c4c(=O)n(C)ccc43)[C@@H](F)C2O1. The fourth-order valence-corrected chi connectivity index (χ4v) is 7.89. The summed E-state index contributed by atoms with van der Waals surface area (Å²) in [6.45, 7) is -1.74. The third-order valence-electron chi connectivity index (χ3n) is 8.04. The van der Waals surface area contributed by atoms with Gasteiger partial charge in [-0.05, 0) is 6.07 Å². The predicted octanol–water partition coefficient (Wildman–Crippen LogP) is 2.20. The van der Waals surface area contributed by atoms with E-state index in [1.165, 1.54) is 19.3 Å². The van der Waals surface area contributed by atoms with Crippen molar-refractivity contribution in [1.82, 2.24) is 23.7 Å². The van der Waals surface area contributed by atoms with Crippen molar-refractivity contribution in [3.63, 3.8) is 0 Å². The van der Waals surface area contributed by atoms with Crippen molar-refractivity contribution >= 4 is 52.0 Å². The van der Waals surface area contributed by atoms with Gasteiger partial charge in [0.05, 0.1) is 25.1 Å². The molecular formula is C24H21B2F4N5O10P2. The van der Waals surface area contributed by atoms with Gasteiger partial charge in [0.25, 0.3) is 26.1 Å². The van der Waals surface area contributed by atoms with Gasteiger partial charge >= 0.3 is 0 Å². The number of alkyl halides is 2. The van der Waals surface area contributed by atoms with Crippen LogP contribution in [0.25, 0.3) is 21.9 Å². The number of halogens is 4. The van der Waals surface area contributed by atoms with Gasteiger partial charge in [-0.3, -0.25) is 23.3 Å². The lowest BCUT2D eigenvalue weighted by Crippen LogP contribution is -2.37. The topological polar surface area (TPSA) is 167 Å². The van der Waals surface area contributed by atoms with Crippen molar-refractivity contribution < 1.29 is 54.3 Å². The van der Waals surface area contributed by atoms with Crippen LogP contribution < -0.4 is 11.1 Å². The van der Waals surface area contributed by atoms with Crippen molar-refractivity contribution in [2.75, 3.05) is 13.2 Å². The van der Waals surface area contributed by atoms with Crippen LogP contribution in [0.1, 0.15) is 12.5 Å². The maximum atomic E-state index is 16.0. The van der Waals surface area contributed by atoms with E-state index in [0.717, 1.165) is 32.4 Å². The summed E-state index contributed by atoms with van der Waals surface area (Å²) in [6, 6.07) is 1.34. The smallest absolute Gasteiger partial charge is 0.264 e. The first-order chi connectivity index (χ1) is 22.2. The van der Waals surface area contributed by atoms with Gasteiger partial charge in [-0.15, -0.1) is 0 Å². The minimum absolute atomic E-state index is 0.0415. The van der Waals surface area contributed by atoms with Gasteiger partial charge in [0.1, 0.15) is 35.2 Å². The molecule has 15 nitrogen and oxygen atoms in total. The number of pyridine rings is 1. The minimum Gasteiger partial charge on any atom is -0.346 e. The monoisotopic (exact) mass is 699 g/mol. The second kappa shape index (κ2) is 11.6. The third kappa shape index (κ3) is 5.56. The summed E-state index contributed by atoms with van der Waals surface area (Å²) < 4.78 is 123. The van der Waals surface area contributed by atoms with E-state index in [0.29, 0.717) is 0 Å². The molecule has 3 aliphatic heterocycles. The maximum absolute atomic E-state index is 16.0. The number of nitrogens with zero attached hydrogens (tertiary/aromatic N) is 4. The molecule has 4 unspecified atom stereocenters. The molecule has 7 heterocycles. The van der Waals surface area contributed by atoms with Gasteiger partial charge in [0, 0.05) is 25.6 Å². The Morgan fingerprint density at radius 3 is 2.02 bits per heavy atom. The predicted molar refractivity (Wildman–Crippen MR) is 153 cm³/mol. The molecule has 0 aliphatic carbocycles. The molecular weight excluding hydrogens is 678 g/mol. The lowest BCUT2D eigenvalue weighted by atomic mass is 10.1. The van der Waals surface area contributed by atoms with Gasteiger partial charge < -0.3 is 41.7 Å². The third-order valence-corrected chi connectivity index (χ3v) is 10.1. The van der Waals surface area contributed by atoms with Crippen LogP contribution in [0.2, 0.25) is 0 Å². The quantitative estimate of drug-likeness (QED) is 0.185. The van der Waals surface area contributed by atoms with Gasteiger partial charge in [-0.2, -0.15) is 0 Å². The van der Waals surface area contributed by atoms with Crippen LogP contribution >= 0.6 is 14.9 Å². The van der Waals surface area contributed by atoms with Gasteiger partial charge in [0.2, 0.25) is 15.1 Å². The number of hydrogen-bond donors (Lipinski definition) is 1. The number of rotatable bonds is 2. The number of ether oxygens (including phenoxy) is 2. The molecule has 3 aliphatic rings. The molecule has 10 atom stereocenters. The maximum Gasteiger partial charge on any atom is 0.264 e. The van der Waals surface area contributed by atoms with Crippen LogP contribution in [0.3, 0.4) is 0 Å². The average Bonchev–Trinajstić information content (AvgIpc) is 3.70. The molecule has 4 aromatic heterocycles. The van der Waals surface area contributed by atoms with E-state index in [4.69, 9.17) is 42.7 Å². The van der Waals surface area contributed by atoms with Crippen LogP contribution in [-0.4, -0.2) is 88.8 Å². The van der Waals surface area contributed by atoms with Crippen molar-refractivity contribution in [2.45, 2.75) is 49.2 Å². The highest BCUT2D eigenvalue weighted by Crippen LogP contribution is 2.54. The zero-order valence-electron chi connectivity index (χ0n) is 23.9. The fourth-order valence-electron chi connectivity index (χ4n) is 5.88. The van der Waals surface area contributed by atoms with Crippen LogP contribution in [0.15, 0.2) is 40.6 Å². The van der Waals surface area contributed by atoms with E-state index in [9.17, 15) is 27.5 Å². The Bertz CT molecular complexity index is 2110. The molecule has 3 fully saturated rings. The molecule has 4 aromatic rings. The number of fused-ring (bicyclic) bond motifs is 4. The van der Waals surface area contributed by atoms with Gasteiger partial charge in [-0.25, -0.2) is 22.5 Å². The normalized spacial score (nSPS) is 36.6. The van der Waals surface area contributed by atoms with E-state index in [-0.39, 0.29) is 16.6 Å². The van der Waals surface area contributed by atoms with Crippen molar-refractivity contribution in [3.8, 4) is 0 Å². The number of hydrogen-bond acceptors (Lipinski definition) is 11. The van der Waals surface area contributed by atoms with Gasteiger partial charge in [0.15, 0.2) is 42.1 Å². The molecule has 47 heavy (non-hydrogen) atoms. The zero-order valence-corrected chi connectivity index (χ0v) is 25.6. The highest BCUT2D eigenvalue weighted by Gasteiger charge is 2.53. The molecule has 1 N–H and O–H groups in total. The number of aryl methyl sites for hydroxylation is 1. The molecule has 7 rings (SSSR count). The molecule has 0 saturated carbocycles. The molecule has 23 heteroatoms. The lowest BCUT2D eigenvalue weighted by molar-refractivity contribution is -0.0547. The summed E-state index contributed by atoms with van der Waals surface area (Å²) >= 11 is 0. The first kappa shape index (κ1) is 32.5. The number of H-pyrrole nitrogens is 1. The fraction of sp³-hybridized carbons (Fsp3) is 0.458. The molecule has 4 radical (unpaired) electrons. The van der Waals surface area contributed by atoms with E-state index >= 15 is 8.78 Å². The Kier molecular flexibility index (Phi) is 7.99. The number of aromatic nitrogens is 5. The largest absolute Gasteiger partial charge is 0.346 e. The summed E-state index contributed by atoms with van der Waals surface area (Å²) in [5.41, 5.74) is -1.91. The average molecular weight is 699 g/mol. The Morgan fingerprint density at radius 2 is 1.43 bits per heavy atom. The summed E-state index contributed by atoms with van der Waals surface area (Å²) in [5, 5.41) is -0.854. The number of nitrogens with one attached hydrogen (secondary N) is 1. The second-order valence-electron chi connectivity index (χ2n) is 11.0. The Balaban J connectivity index is 1.18. The van der Waals surface area contributed by atoms with Crippen LogP contribution in [0.5, 0.6) is 0 Å². The van der Waals surface area contributed by atoms with Crippen molar-refractivity contribution in [3.05, 3.63) is 63.3 Å². The van der Waals surface area contributed by atoms with Crippen LogP contribution in [-0.2, 0) is 43.7 Å².